The molecule has 0 unspecified atom stereocenters. The molecule has 7 rings (SSSR count). The molecule has 4 aromatic carbocycles. The van der Waals surface area contributed by atoms with Crippen molar-refractivity contribution < 1.29 is 13.7 Å². The lowest BCUT2D eigenvalue weighted by molar-refractivity contribution is 0.00578. The Hall–Kier alpha value is -3.12. The van der Waals surface area contributed by atoms with Crippen LogP contribution in [0.15, 0.2) is 83.3 Å². The number of furan rings is 1. The quantitative estimate of drug-likeness (QED) is 0.238. The predicted octanol–water partition coefficient (Wildman–Crippen LogP) is 7.92. The van der Waals surface area contributed by atoms with Crippen LogP contribution in [0.3, 0.4) is 0 Å². The van der Waals surface area contributed by atoms with Crippen LogP contribution < -0.4 is 5.46 Å². The molecule has 0 amide bonds. The van der Waals surface area contributed by atoms with Crippen LogP contribution in [0.5, 0.6) is 0 Å². The molecule has 35 heavy (non-hydrogen) atoms. The minimum absolute atomic E-state index is 0.378. The van der Waals surface area contributed by atoms with Gasteiger partial charge in [-0.2, -0.15) is 0 Å². The van der Waals surface area contributed by atoms with Gasteiger partial charge in [0.05, 0.1) is 11.2 Å². The first-order valence-corrected chi connectivity index (χ1v) is 12.9. The van der Waals surface area contributed by atoms with E-state index in [2.05, 4.69) is 107 Å². The van der Waals surface area contributed by atoms with Crippen molar-refractivity contribution in [2.45, 2.75) is 38.9 Å². The van der Waals surface area contributed by atoms with Crippen LogP contribution in [0.4, 0.5) is 0 Å². The van der Waals surface area contributed by atoms with Gasteiger partial charge in [-0.15, -0.1) is 11.3 Å². The van der Waals surface area contributed by atoms with Crippen LogP contribution in [0.2, 0.25) is 0 Å². The predicted molar refractivity (Wildman–Crippen MR) is 148 cm³/mol. The number of benzene rings is 4. The Kier molecular flexibility index (Phi) is 4.36. The molecule has 3 heterocycles. The van der Waals surface area contributed by atoms with Crippen molar-refractivity contribution in [2.24, 2.45) is 0 Å². The Labute approximate surface area is 208 Å². The summed E-state index contributed by atoms with van der Waals surface area (Å²) in [5.41, 5.74) is 4.31. The Balaban J connectivity index is 1.40. The summed E-state index contributed by atoms with van der Waals surface area (Å²) >= 11 is 1.84. The molecule has 3 nitrogen and oxygen atoms in total. The summed E-state index contributed by atoms with van der Waals surface area (Å²) < 4.78 is 21.7. The third-order valence-corrected chi connectivity index (χ3v) is 8.96. The number of fused-ring (bicyclic) bond motifs is 6. The number of rotatable bonds is 2. The van der Waals surface area contributed by atoms with Crippen molar-refractivity contribution in [1.82, 2.24) is 0 Å². The van der Waals surface area contributed by atoms with Crippen LogP contribution >= 0.6 is 11.3 Å². The minimum atomic E-state index is -0.413. The SMILES string of the molecule is CC1(C)OB(c2ccc3c(c2)oc2c(-c4cccc5c4sc4ccccc45)cccc23)OC1(C)C. The van der Waals surface area contributed by atoms with Crippen LogP contribution in [0.1, 0.15) is 27.7 Å². The molecule has 0 spiro atoms. The zero-order valence-corrected chi connectivity index (χ0v) is 21.0. The molecule has 2 aromatic heterocycles. The molecule has 5 heteroatoms. The average molecular weight is 476 g/mol. The molecular formula is C30H25BO3S. The monoisotopic (exact) mass is 476 g/mol. The topological polar surface area (TPSA) is 31.6 Å². The van der Waals surface area contributed by atoms with Crippen molar-refractivity contribution in [3.05, 3.63) is 78.9 Å². The van der Waals surface area contributed by atoms with Gasteiger partial charge >= 0.3 is 7.12 Å². The van der Waals surface area contributed by atoms with Crippen molar-refractivity contribution in [3.63, 3.8) is 0 Å². The Bertz CT molecular complexity index is 1760. The molecule has 1 saturated heterocycles. The zero-order valence-electron chi connectivity index (χ0n) is 20.2. The van der Waals surface area contributed by atoms with Crippen molar-refractivity contribution in [1.29, 1.82) is 0 Å². The fourth-order valence-corrected chi connectivity index (χ4v) is 6.34. The van der Waals surface area contributed by atoms with Gasteiger partial charge in [0.15, 0.2) is 0 Å². The smallest absolute Gasteiger partial charge is 0.455 e. The second-order valence-corrected chi connectivity index (χ2v) is 11.5. The summed E-state index contributed by atoms with van der Waals surface area (Å²) in [6.45, 7) is 8.31. The lowest BCUT2D eigenvalue weighted by Gasteiger charge is -2.32. The number of thiophene rings is 1. The van der Waals surface area contributed by atoms with Crippen LogP contribution in [0, 0.1) is 0 Å². The molecule has 0 bridgehead atoms. The van der Waals surface area contributed by atoms with Crippen LogP contribution in [-0.4, -0.2) is 18.3 Å². The molecule has 0 saturated carbocycles. The first-order valence-electron chi connectivity index (χ1n) is 12.0. The van der Waals surface area contributed by atoms with Gasteiger partial charge in [0.2, 0.25) is 0 Å². The normalized spacial score (nSPS) is 17.3. The van der Waals surface area contributed by atoms with Gasteiger partial charge in [-0.1, -0.05) is 66.7 Å². The van der Waals surface area contributed by atoms with E-state index in [4.69, 9.17) is 13.7 Å². The Morgan fingerprint density at radius 3 is 2.14 bits per heavy atom. The molecular weight excluding hydrogens is 451 g/mol. The maximum absolute atomic E-state index is 6.56. The van der Waals surface area contributed by atoms with E-state index in [1.165, 1.54) is 25.7 Å². The number of hydrogen-bond acceptors (Lipinski definition) is 4. The highest BCUT2D eigenvalue weighted by Gasteiger charge is 2.51. The third kappa shape index (κ3) is 3.05. The van der Waals surface area contributed by atoms with Gasteiger partial charge in [-0.25, -0.2) is 0 Å². The zero-order chi connectivity index (χ0) is 23.9. The summed E-state index contributed by atoms with van der Waals surface area (Å²) in [5.74, 6) is 0. The van der Waals surface area contributed by atoms with Gasteiger partial charge in [-0.05, 0) is 45.3 Å². The molecule has 0 N–H and O–H groups in total. The van der Waals surface area contributed by atoms with Crippen molar-refractivity contribution >= 4 is 66.0 Å². The van der Waals surface area contributed by atoms with E-state index in [1.54, 1.807) is 0 Å². The molecule has 1 aliphatic rings. The molecule has 0 aliphatic carbocycles. The van der Waals surface area contributed by atoms with Gasteiger partial charge in [-0.3, -0.25) is 0 Å². The molecule has 1 fully saturated rings. The molecule has 1 aliphatic heterocycles. The highest BCUT2D eigenvalue weighted by Crippen LogP contribution is 2.43. The maximum Gasteiger partial charge on any atom is 0.494 e. The molecule has 0 radical (unpaired) electrons. The van der Waals surface area contributed by atoms with Gasteiger partial charge < -0.3 is 13.7 Å². The molecule has 172 valence electrons. The van der Waals surface area contributed by atoms with Crippen molar-refractivity contribution in [2.75, 3.05) is 0 Å². The fourth-order valence-electron chi connectivity index (χ4n) is 5.11. The van der Waals surface area contributed by atoms with E-state index in [1.807, 2.05) is 11.3 Å². The molecule has 6 aromatic rings. The molecule has 0 atom stereocenters. The highest BCUT2D eigenvalue weighted by atomic mass is 32.1. The van der Waals surface area contributed by atoms with E-state index in [0.717, 1.165) is 33.0 Å². The lowest BCUT2D eigenvalue weighted by Crippen LogP contribution is -2.41. The second-order valence-electron chi connectivity index (χ2n) is 10.4. The van der Waals surface area contributed by atoms with Gasteiger partial charge in [0.25, 0.3) is 0 Å². The maximum atomic E-state index is 6.56. The highest BCUT2D eigenvalue weighted by molar-refractivity contribution is 7.26. The van der Waals surface area contributed by atoms with Crippen molar-refractivity contribution in [3.8, 4) is 11.1 Å². The average Bonchev–Trinajstić information content (AvgIpc) is 3.47. The first kappa shape index (κ1) is 21.2. The van der Waals surface area contributed by atoms with E-state index >= 15 is 0 Å². The van der Waals surface area contributed by atoms with Crippen LogP contribution in [-0.2, 0) is 9.31 Å². The number of para-hydroxylation sites is 1. The third-order valence-electron chi connectivity index (χ3n) is 7.74. The Morgan fingerprint density at radius 2 is 1.34 bits per heavy atom. The fraction of sp³-hybridized carbons (Fsp3) is 0.200. The summed E-state index contributed by atoms with van der Waals surface area (Å²) in [6.07, 6.45) is 0. The van der Waals surface area contributed by atoms with E-state index < -0.39 is 7.12 Å². The lowest BCUT2D eigenvalue weighted by atomic mass is 9.79. The number of hydrogen-bond donors (Lipinski definition) is 0. The van der Waals surface area contributed by atoms with Crippen LogP contribution in [0.25, 0.3) is 53.2 Å². The van der Waals surface area contributed by atoms with E-state index in [0.29, 0.717) is 0 Å². The standard InChI is InChI=1S/C30H25BO3S/c1-29(2)30(3,4)34-31(33-29)18-15-16-19-21-10-7-11-22(27(21)32-25(19)17-18)24-13-8-12-23-20-9-5-6-14-26(20)35-28(23)24/h5-17H,1-4H3. The first-order chi connectivity index (χ1) is 16.8. The summed E-state index contributed by atoms with van der Waals surface area (Å²) in [6, 6.07) is 27.9. The van der Waals surface area contributed by atoms with E-state index in [9.17, 15) is 0 Å². The summed E-state index contributed by atoms with van der Waals surface area (Å²) in [5, 5.41) is 4.82. The second kappa shape index (κ2) is 7.20. The summed E-state index contributed by atoms with van der Waals surface area (Å²) in [4.78, 5) is 0. The van der Waals surface area contributed by atoms with Gasteiger partial charge in [0.1, 0.15) is 11.2 Å². The van der Waals surface area contributed by atoms with Gasteiger partial charge in [0, 0.05) is 42.1 Å². The summed E-state index contributed by atoms with van der Waals surface area (Å²) in [7, 11) is -0.413. The van der Waals surface area contributed by atoms with E-state index in [-0.39, 0.29) is 11.2 Å². The largest absolute Gasteiger partial charge is 0.494 e. The minimum Gasteiger partial charge on any atom is -0.455 e. The Morgan fingerprint density at radius 1 is 0.657 bits per heavy atom.